The van der Waals surface area contributed by atoms with Crippen molar-refractivity contribution in [1.82, 2.24) is 4.90 Å². The predicted molar refractivity (Wildman–Crippen MR) is 58.9 cm³/mol. The summed E-state index contributed by atoms with van der Waals surface area (Å²) >= 11 is 0. The monoisotopic (exact) mass is 194 g/mol. The molecule has 80 valence electrons. The molecule has 2 nitrogen and oxygen atoms in total. The second-order valence-corrected chi connectivity index (χ2v) is 5.49. The first-order valence-corrected chi connectivity index (χ1v) is 5.66. The fraction of sp³-hybridized carbons (Fsp3) is 0.917. The van der Waals surface area contributed by atoms with Gasteiger partial charge in [-0.25, -0.2) is 0 Å². The molecule has 1 atom stereocenters. The van der Waals surface area contributed by atoms with Gasteiger partial charge in [0.15, 0.2) is 0 Å². The first-order valence-electron chi connectivity index (χ1n) is 5.66. The third-order valence-corrected chi connectivity index (χ3v) is 2.91. The van der Waals surface area contributed by atoms with Crippen molar-refractivity contribution in [3.63, 3.8) is 0 Å². The number of piperidine rings is 1. The van der Waals surface area contributed by atoms with Crippen LogP contribution in [0.2, 0.25) is 0 Å². The Kier molecular flexibility index (Phi) is 3.95. The SMILES string of the molecule is CC(C)(C)CCN1CCCC[C@@H]1C#N. The van der Waals surface area contributed by atoms with Gasteiger partial charge in [-0.1, -0.05) is 20.8 Å². The van der Waals surface area contributed by atoms with Crippen molar-refractivity contribution >= 4 is 0 Å². The Bertz CT molecular complexity index is 209. The maximum absolute atomic E-state index is 9.00. The number of likely N-dealkylation sites (tertiary alicyclic amines) is 1. The summed E-state index contributed by atoms with van der Waals surface area (Å²) in [6, 6.07) is 2.60. The van der Waals surface area contributed by atoms with Gasteiger partial charge in [0.25, 0.3) is 0 Å². The van der Waals surface area contributed by atoms with Crippen LogP contribution in [0.1, 0.15) is 46.5 Å². The number of nitriles is 1. The Morgan fingerprint density at radius 3 is 2.64 bits per heavy atom. The van der Waals surface area contributed by atoms with Crippen molar-refractivity contribution in [2.24, 2.45) is 5.41 Å². The Hall–Kier alpha value is -0.550. The van der Waals surface area contributed by atoms with E-state index in [9.17, 15) is 0 Å². The van der Waals surface area contributed by atoms with Crippen molar-refractivity contribution in [2.75, 3.05) is 13.1 Å². The van der Waals surface area contributed by atoms with Gasteiger partial charge in [-0.05, 0) is 44.2 Å². The number of nitrogens with zero attached hydrogens (tertiary/aromatic N) is 2. The van der Waals surface area contributed by atoms with Gasteiger partial charge in [0.1, 0.15) is 0 Å². The summed E-state index contributed by atoms with van der Waals surface area (Å²) in [7, 11) is 0. The van der Waals surface area contributed by atoms with Crippen LogP contribution in [0.25, 0.3) is 0 Å². The molecule has 0 spiro atoms. The number of rotatable bonds is 2. The second kappa shape index (κ2) is 4.79. The quantitative estimate of drug-likeness (QED) is 0.676. The highest BCUT2D eigenvalue weighted by atomic mass is 15.2. The highest BCUT2D eigenvalue weighted by Gasteiger charge is 2.23. The molecule has 0 aromatic rings. The molecule has 0 aromatic carbocycles. The van der Waals surface area contributed by atoms with E-state index in [1.165, 1.54) is 19.3 Å². The van der Waals surface area contributed by atoms with Gasteiger partial charge in [-0.3, -0.25) is 4.90 Å². The van der Waals surface area contributed by atoms with E-state index in [1.54, 1.807) is 0 Å². The molecule has 1 rings (SSSR count). The van der Waals surface area contributed by atoms with E-state index in [4.69, 9.17) is 5.26 Å². The highest BCUT2D eigenvalue weighted by molar-refractivity contribution is 4.94. The molecule has 1 fully saturated rings. The van der Waals surface area contributed by atoms with Crippen molar-refractivity contribution < 1.29 is 0 Å². The van der Waals surface area contributed by atoms with Crippen LogP contribution in [-0.4, -0.2) is 24.0 Å². The summed E-state index contributed by atoms with van der Waals surface area (Å²) in [5, 5.41) is 9.00. The minimum Gasteiger partial charge on any atom is -0.288 e. The molecule has 0 aliphatic carbocycles. The fourth-order valence-corrected chi connectivity index (χ4v) is 1.88. The molecule has 0 aromatic heterocycles. The number of hydrogen-bond donors (Lipinski definition) is 0. The van der Waals surface area contributed by atoms with Gasteiger partial charge in [0, 0.05) is 0 Å². The van der Waals surface area contributed by atoms with Gasteiger partial charge < -0.3 is 0 Å². The van der Waals surface area contributed by atoms with Crippen LogP contribution in [0.5, 0.6) is 0 Å². The highest BCUT2D eigenvalue weighted by Crippen LogP contribution is 2.22. The van der Waals surface area contributed by atoms with Gasteiger partial charge >= 0.3 is 0 Å². The minimum absolute atomic E-state index is 0.186. The molecule has 0 saturated carbocycles. The fourth-order valence-electron chi connectivity index (χ4n) is 1.88. The van der Waals surface area contributed by atoms with Crippen molar-refractivity contribution in [3.05, 3.63) is 0 Å². The minimum atomic E-state index is 0.186. The van der Waals surface area contributed by atoms with E-state index in [0.717, 1.165) is 19.5 Å². The standard InChI is InChI=1S/C12H22N2/c1-12(2,3)7-9-14-8-5-4-6-11(14)10-13/h11H,4-9H2,1-3H3/t11-/m1/s1. The summed E-state index contributed by atoms with van der Waals surface area (Å²) in [6.07, 6.45) is 4.75. The van der Waals surface area contributed by atoms with Crippen molar-refractivity contribution in [1.29, 1.82) is 5.26 Å². The molecule has 1 aliphatic rings. The Balaban J connectivity index is 2.38. The van der Waals surface area contributed by atoms with Crippen LogP contribution in [0.15, 0.2) is 0 Å². The summed E-state index contributed by atoms with van der Waals surface area (Å²) in [4.78, 5) is 2.36. The van der Waals surface area contributed by atoms with Crippen LogP contribution < -0.4 is 0 Å². The van der Waals surface area contributed by atoms with E-state index in [-0.39, 0.29) is 6.04 Å². The molecule has 1 heterocycles. The molecule has 1 saturated heterocycles. The topological polar surface area (TPSA) is 27.0 Å². The van der Waals surface area contributed by atoms with Gasteiger partial charge in [0.2, 0.25) is 0 Å². The zero-order valence-corrected chi connectivity index (χ0v) is 9.71. The Morgan fingerprint density at radius 1 is 1.36 bits per heavy atom. The van der Waals surface area contributed by atoms with Crippen molar-refractivity contribution in [3.8, 4) is 6.07 Å². The summed E-state index contributed by atoms with van der Waals surface area (Å²) < 4.78 is 0. The first kappa shape index (κ1) is 11.5. The maximum Gasteiger partial charge on any atom is 0.0977 e. The van der Waals surface area contributed by atoms with E-state index < -0.39 is 0 Å². The van der Waals surface area contributed by atoms with Crippen LogP contribution in [0.4, 0.5) is 0 Å². The molecular formula is C12H22N2. The van der Waals surface area contributed by atoms with Crippen LogP contribution in [-0.2, 0) is 0 Å². The lowest BCUT2D eigenvalue weighted by Crippen LogP contribution is -2.40. The number of hydrogen-bond acceptors (Lipinski definition) is 2. The van der Waals surface area contributed by atoms with Crippen LogP contribution >= 0.6 is 0 Å². The third kappa shape index (κ3) is 3.67. The average molecular weight is 194 g/mol. The molecule has 2 heteroatoms. The van der Waals surface area contributed by atoms with Crippen LogP contribution in [0.3, 0.4) is 0 Å². The Labute approximate surface area is 87.9 Å². The molecule has 0 radical (unpaired) electrons. The lowest BCUT2D eigenvalue weighted by atomic mass is 9.91. The molecule has 14 heavy (non-hydrogen) atoms. The second-order valence-electron chi connectivity index (χ2n) is 5.49. The molecule has 0 N–H and O–H groups in total. The summed E-state index contributed by atoms with van der Waals surface area (Å²) in [5.41, 5.74) is 0.386. The van der Waals surface area contributed by atoms with Crippen LogP contribution in [0, 0.1) is 16.7 Å². The normalized spacial score (nSPS) is 24.6. The molecule has 1 aliphatic heterocycles. The maximum atomic E-state index is 9.00. The lowest BCUT2D eigenvalue weighted by Gasteiger charge is -2.33. The van der Waals surface area contributed by atoms with E-state index >= 15 is 0 Å². The van der Waals surface area contributed by atoms with Crippen molar-refractivity contribution in [2.45, 2.75) is 52.5 Å². The summed E-state index contributed by atoms with van der Waals surface area (Å²) in [6.45, 7) is 8.99. The average Bonchev–Trinajstić information content (AvgIpc) is 2.14. The van der Waals surface area contributed by atoms with E-state index in [0.29, 0.717) is 5.41 Å². The molecule has 0 unspecified atom stereocenters. The predicted octanol–water partition coefficient (Wildman–Crippen LogP) is 2.80. The first-order chi connectivity index (χ1) is 6.53. The largest absolute Gasteiger partial charge is 0.288 e. The zero-order chi connectivity index (χ0) is 10.6. The summed E-state index contributed by atoms with van der Waals surface area (Å²) in [5.74, 6) is 0. The van der Waals surface area contributed by atoms with E-state index in [1.807, 2.05) is 0 Å². The molecule has 0 amide bonds. The van der Waals surface area contributed by atoms with Gasteiger partial charge in [-0.15, -0.1) is 0 Å². The third-order valence-electron chi connectivity index (χ3n) is 2.91. The smallest absolute Gasteiger partial charge is 0.0977 e. The van der Waals surface area contributed by atoms with Gasteiger partial charge in [-0.2, -0.15) is 5.26 Å². The zero-order valence-electron chi connectivity index (χ0n) is 9.71. The van der Waals surface area contributed by atoms with Gasteiger partial charge in [0.05, 0.1) is 12.1 Å². The molecular weight excluding hydrogens is 172 g/mol. The molecule has 0 bridgehead atoms. The lowest BCUT2D eigenvalue weighted by molar-refractivity contribution is 0.161. The van der Waals surface area contributed by atoms with E-state index in [2.05, 4.69) is 31.7 Å². The Morgan fingerprint density at radius 2 is 2.07 bits per heavy atom.